The molecular formula is C21H40. The third kappa shape index (κ3) is 5.95. The number of rotatable bonds is 7. The molecule has 124 valence electrons. The summed E-state index contributed by atoms with van der Waals surface area (Å²) in [5.74, 6) is 3.17. The molecule has 2 aliphatic rings. The zero-order valence-electron chi connectivity index (χ0n) is 15.1. The van der Waals surface area contributed by atoms with Gasteiger partial charge in [0, 0.05) is 0 Å². The van der Waals surface area contributed by atoms with Crippen LogP contribution >= 0.6 is 0 Å². The van der Waals surface area contributed by atoms with E-state index < -0.39 is 0 Å². The van der Waals surface area contributed by atoms with Crippen molar-refractivity contribution >= 4 is 0 Å². The quantitative estimate of drug-likeness (QED) is 0.459. The fourth-order valence-electron chi connectivity index (χ4n) is 4.89. The fraction of sp³-hybridized carbons (Fsp3) is 1.00. The van der Waals surface area contributed by atoms with Crippen LogP contribution in [0.1, 0.15) is 111 Å². The Labute approximate surface area is 134 Å². The molecule has 0 heteroatoms. The molecular weight excluding hydrogens is 252 g/mol. The van der Waals surface area contributed by atoms with Crippen LogP contribution in [0.4, 0.5) is 0 Å². The Morgan fingerprint density at radius 1 is 0.857 bits per heavy atom. The second-order valence-corrected chi connectivity index (χ2v) is 8.96. The van der Waals surface area contributed by atoms with Gasteiger partial charge in [-0.05, 0) is 36.0 Å². The van der Waals surface area contributed by atoms with Gasteiger partial charge >= 0.3 is 0 Å². The second-order valence-electron chi connectivity index (χ2n) is 8.96. The molecule has 2 aliphatic carbocycles. The lowest BCUT2D eigenvalue weighted by molar-refractivity contribution is 0.147. The summed E-state index contributed by atoms with van der Waals surface area (Å²) in [4.78, 5) is 0. The van der Waals surface area contributed by atoms with Crippen molar-refractivity contribution in [1.82, 2.24) is 0 Å². The molecule has 0 saturated heterocycles. The molecule has 0 aliphatic heterocycles. The van der Waals surface area contributed by atoms with Crippen LogP contribution in [0.3, 0.4) is 0 Å². The van der Waals surface area contributed by atoms with Crippen molar-refractivity contribution < 1.29 is 0 Å². The van der Waals surface area contributed by atoms with E-state index in [4.69, 9.17) is 0 Å². The lowest BCUT2D eigenvalue weighted by Gasteiger charge is -2.37. The summed E-state index contributed by atoms with van der Waals surface area (Å²) in [5.41, 5.74) is 0.564. The SMILES string of the molecule is CCC(C)(C)CC(CCC1CCCCC1)C1CCCCC1. The van der Waals surface area contributed by atoms with Crippen molar-refractivity contribution in [2.45, 2.75) is 111 Å². The van der Waals surface area contributed by atoms with E-state index >= 15 is 0 Å². The number of hydrogen-bond donors (Lipinski definition) is 0. The van der Waals surface area contributed by atoms with Crippen molar-refractivity contribution in [1.29, 1.82) is 0 Å². The van der Waals surface area contributed by atoms with Gasteiger partial charge in [-0.15, -0.1) is 0 Å². The van der Waals surface area contributed by atoms with Crippen LogP contribution < -0.4 is 0 Å². The van der Waals surface area contributed by atoms with E-state index in [0.717, 1.165) is 17.8 Å². The Balaban J connectivity index is 1.87. The summed E-state index contributed by atoms with van der Waals surface area (Å²) in [7, 11) is 0. The topological polar surface area (TPSA) is 0 Å². The first-order valence-electron chi connectivity index (χ1n) is 10.1. The highest BCUT2D eigenvalue weighted by atomic mass is 14.3. The summed E-state index contributed by atoms with van der Waals surface area (Å²) in [6, 6.07) is 0. The van der Waals surface area contributed by atoms with Gasteiger partial charge in [0.1, 0.15) is 0 Å². The van der Waals surface area contributed by atoms with Gasteiger partial charge in [0.15, 0.2) is 0 Å². The lowest BCUT2D eigenvalue weighted by atomic mass is 9.69. The lowest BCUT2D eigenvalue weighted by Crippen LogP contribution is -2.25. The standard InChI is InChI=1S/C21H40/c1-4-21(2,3)17-20(19-13-9-6-10-14-19)16-15-18-11-7-5-8-12-18/h18-20H,4-17H2,1-3H3. The minimum Gasteiger partial charge on any atom is -0.0649 e. The van der Waals surface area contributed by atoms with Crippen LogP contribution in [0.2, 0.25) is 0 Å². The van der Waals surface area contributed by atoms with Gasteiger partial charge in [-0.3, -0.25) is 0 Å². The van der Waals surface area contributed by atoms with E-state index in [2.05, 4.69) is 20.8 Å². The molecule has 0 heterocycles. The highest BCUT2D eigenvalue weighted by Crippen LogP contribution is 2.41. The fourth-order valence-corrected chi connectivity index (χ4v) is 4.89. The first kappa shape index (κ1) is 17.4. The molecule has 21 heavy (non-hydrogen) atoms. The van der Waals surface area contributed by atoms with Crippen LogP contribution in [-0.2, 0) is 0 Å². The summed E-state index contributed by atoms with van der Waals surface area (Å²) < 4.78 is 0. The van der Waals surface area contributed by atoms with E-state index in [1.54, 1.807) is 12.8 Å². The molecule has 2 saturated carbocycles. The van der Waals surface area contributed by atoms with E-state index in [-0.39, 0.29) is 0 Å². The zero-order valence-corrected chi connectivity index (χ0v) is 15.1. The van der Waals surface area contributed by atoms with E-state index in [9.17, 15) is 0 Å². The molecule has 0 radical (unpaired) electrons. The third-order valence-corrected chi connectivity index (χ3v) is 6.76. The molecule has 0 bridgehead atoms. The maximum Gasteiger partial charge on any atom is -0.0354 e. The Hall–Kier alpha value is 0. The molecule has 1 atom stereocenters. The van der Waals surface area contributed by atoms with Crippen molar-refractivity contribution in [2.75, 3.05) is 0 Å². The van der Waals surface area contributed by atoms with Crippen molar-refractivity contribution in [3.05, 3.63) is 0 Å². The molecule has 0 spiro atoms. The molecule has 0 aromatic carbocycles. The molecule has 1 unspecified atom stereocenters. The van der Waals surface area contributed by atoms with E-state index in [1.165, 1.54) is 77.0 Å². The zero-order chi connectivity index (χ0) is 15.1. The predicted molar refractivity (Wildman–Crippen MR) is 94.6 cm³/mol. The monoisotopic (exact) mass is 292 g/mol. The van der Waals surface area contributed by atoms with Gasteiger partial charge in [-0.1, -0.05) is 97.8 Å². The van der Waals surface area contributed by atoms with Crippen LogP contribution in [-0.4, -0.2) is 0 Å². The van der Waals surface area contributed by atoms with Crippen LogP contribution in [0.5, 0.6) is 0 Å². The van der Waals surface area contributed by atoms with Crippen molar-refractivity contribution in [3.63, 3.8) is 0 Å². The smallest absolute Gasteiger partial charge is 0.0354 e. The highest BCUT2D eigenvalue weighted by molar-refractivity contribution is 4.81. The third-order valence-electron chi connectivity index (χ3n) is 6.76. The maximum atomic E-state index is 2.50. The van der Waals surface area contributed by atoms with Crippen LogP contribution in [0.15, 0.2) is 0 Å². The second kappa shape index (κ2) is 8.59. The summed E-state index contributed by atoms with van der Waals surface area (Å²) in [6.07, 6.45) is 21.1. The van der Waals surface area contributed by atoms with Gasteiger partial charge < -0.3 is 0 Å². The Bertz CT molecular complexity index is 266. The Morgan fingerprint density at radius 3 is 2.00 bits per heavy atom. The van der Waals surface area contributed by atoms with Gasteiger partial charge in [0.2, 0.25) is 0 Å². The molecule has 0 nitrogen and oxygen atoms in total. The summed E-state index contributed by atoms with van der Waals surface area (Å²) in [5, 5.41) is 0. The first-order chi connectivity index (χ1) is 10.1. The average molecular weight is 293 g/mol. The van der Waals surface area contributed by atoms with Gasteiger partial charge in [0.05, 0.1) is 0 Å². The Morgan fingerprint density at radius 2 is 1.43 bits per heavy atom. The summed E-state index contributed by atoms with van der Waals surface area (Å²) in [6.45, 7) is 7.39. The molecule has 0 aromatic rings. The van der Waals surface area contributed by atoms with E-state index in [1.807, 2.05) is 0 Å². The number of hydrogen-bond acceptors (Lipinski definition) is 0. The minimum atomic E-state index is 0.564. The normalized spacial score (nSPS) is 24.1. The summed E-state index contributed by atoms with van der Waals surface area (Å²) >= 11 is 0. The largest absolute Gasteiger partial charge is 0.0649 e. The molecule has 0 N–H and O–H groups in total. The minimum absolute atomic E-state index is 0.564. The van der Waals surface area contributed by atoms with Gasteiger partial charge in [-0.2, -0.15) is 0 Å². The van der Waals surface area contributed by atoms with Crippen molar-refractivity contribution in [3.8, 4) is 0 Å². The average Bonchev–Trinajstić information content (AvgIpc) is 2.53. The molecule has 0 aromatic heterocycles. The molecule has 2 rings (SSSR count). The first-order valence-corrected chi connectivity index (χ1v) is 10.1. The van der Waals surface area contributed by atoms with Crippen LogP contribution in [0, 0.1) is 23.2 Å². The Kier molecular flexibility index (Phi) is 7.10. The van der Waals surface area contributed by atoms with Crippen LogP contribution in [0.25, 0.3) is 0 Å². The maximum absolute atomic E-state index is 2.50. The molecule has 2 fully saturated rings. The van der Waals surface area contributed by atoms with Gasteiger partial charge in [0.25, 0.3) is 0 Å². The highest BCUT2D eigenvalue weighted by Gasteiger charge is 2.29. The van der Waals surface area contributed by atoms with Gasteiger partial charge in [-0.25, -0.2) is 0 Å². The van der Waals surface area contributed by atoms with E-state index in [0.29, 0.717) is 5.41 Å². The van der Waals surface area contributed by atoms with Crippen molar-refractivity contribution in [2.24, 2.45) is 23.2 Å². The molecule has 0 amide bonds. The predicted octanol–water partition coefficient (Wildman–Crippen LogP) is 7.37.